The fraction of sp³-hybridized carbons (Fsp3) is 0.458. The van der Waals surface area contributed by atoms with Gasteiger partial charge >= 0.3 is 177 Å². The van der Waals surface area contributed by atoms with Gasteiger partial charge in [-0.3, -0.25) is 0 Å². The Morgan fingerprint density at radius 3 is 2.61 bits per heavy atom. The molecule has 4 rings (SSSR count). The van der Waals surface area contributed by atoms with Crippen LogP contribution in [0.25, 0.3) is 0 Å². The molecule has 178 valence electrons. The molecule has 1 unspecified atom stereocenters. The van der Waals surface area contributed by atoms with Crippen molar-refractivity contribution in [3.8, 4) is 0 Å². The Hall–Kier alpha value is -1.75. The summed E-state index contributed by atoms with van der Waals surface area (Å²) in [6, 6.07) is 11.8. The molecule has 1 amide bonds. The van der Waals surface area contributed by atoms with E-state index in [4.69, 9.17) is 23.6 Å². The van der Waals surface area contributed by atoms with Gasteiger partial charge in [0.25, 0.3) is 0 Å². The van der Waals surface area contributed by atoms with Crippen LogP contribution in [0.2, 0.25) is 5.02 Å². The predicted molar refractivity (Wildman–Crippen MR) is 126 cm³/mol. The molecule has 0 spiro atoms. The number of anilines is 1. The standard InChI is InChI=1S/C24H30ClIN5O2/c1-33-26-29-23(18-2-4-21(25)5-3-18)19-8-12-31(13-9-19)24(32)20-7-11-30(16-20)15-17-6-10-28-22(27)14-17/h2-6,10,14,19-20H,7-9,11-13,15-16H2,1H3,(H2,27,28)/q-1/b29-23+. The molecule has 1 aromatic heterocycles. The van der Waals surface area contributed by atoms with Crippen LogP contribution >= 0.6 is 11.6 Å². The summed E-state index contributed by atoms with van der Waals surface area (Å²) < 4.78 is 10.1. The van der Waals surface area contributed by atoms with Gasteiger partial charge in [-0.1, -0.05) is 0 Å². The number of likely N-dealkylation sites (tertiary alicyclic amines) is 2. The monoisotopic (exact) mass is 582 g/mol. The summed E-state index contributed by atoms with van der Waals surface area (Å²) in [7, 11) is 1.70. The average molecular weight is 583 g/mol. The maximum absolute atomic E-state index is 13.2. The molecule has 0 radical (unpaired) electrons. The van der Waals surface area contributed by atoms with Crippen molar-refractivity contribution in [2.75, 3.05) is 39.0 Å². The second kappa shape index (κ2) is 11.6. The molecule has 33 heavy (non-hydrogen) atoms. The number of nitrogens with two attached hydrogens (primary N) is 1. The van der Waals surface area contributed by atoms with Crippen LogP contribution in [-0.4, -0.2) is 59.7 Å². The van der Waals surface area contributed by atoms with Gasteiger partial charge in [-0.05, 0) is 12.1 Å². The van der Waals surface area contributed by atoms with E-state index in [1.165, 1.54) is 0 Å². The van der Waals surface area contributed by atoms with Crippen molar-refractivity contribution in [3.05, 3.63) is 58.7 Å². The molecule has 2 aliphatic heterocycles. The fourth-order valence-corrected chi connectivity index (χ4v) is 5.91. The number of hydrogen-bond donors (Lipinski definition) is 1. The molecule has 2 fully saturated rings. The summed E-state index contributed by atoms with van der Waals surface area (Å²) >= 11 is 5.39. The van der Waals surface area contributed by atoms with Gasteiger partial charge in [-0.15, -0.1) is 0 Å². The van der Waals surface area contributed by atoms with E-state index >= 15 is 0 Å². The molecule has 7 nitrogen and oxygen atoms in total. The molecular formula is C24H30ClIN5O2-. The van der Waals surface area contributed by atoms with Crippen molar-refractivity contribution in [3.63, 3.8) is 0 Å². The molecule has 3 heterocycles. The van der Waals surface area contributed by atoms with Crippen molar-refractivity contribution in [1.29, 1.82) is 0 Å². The number of amides is 1. The van der Waals surface area contributed by atoms with E-state index < -0.39 is 21.9 Å². The van der Waals surface area contributed by atoms with E-state index in [1.54, 1.807) is 13.3 Å². The van der Waals surface area contributed by atoms with Crippen LogP contribution in [-0.2, 0) is 14.4 Å². The molecule has 1 atom stereocenters. The number of aromatic nitrogens is 1. The van der Waals surface area contributed by atoms with Crippen LogP contribution in [0.4, 0.5) is 5.82 Å². The number of benzene rings is 1. The second-order valence-corrected chi connectivity index (χ2v) is 10.8. The number of nitrogen functional groups attached to an aromatic ring is 1. The first-order valence-electron chi connectivity index (χ1n) is 11.3. The van der Waals surface area contributed by atoms with E-state index in [0.717, 1.165) is 73.8 Å². The quantitative estimate of drug-likeness (QED) is 0.378. The van der Waals surface area contributed by atoms with Crippen LogP contribution in [0.15, 0.2) is 45.8 Å². The van der Waals surface area contributed by atoms with Crippen molar-refractivity contribution in [2.24, 2.45) is 15.0 Å². The fourth-order valence-electron chi connectivity index (χ4n) is 4.71. The van der Waals surface area contributed by atoms with Gasteiger partial charge in [0.1, 0.15) is 5.82 Å². The molecular weight excluding hydrogens is 553 g/mol. The van der Waals surface area contributed by atoms with Crippen LogP contribution in [0.1, 0.15) is 30.4 Å². The van der Waals surface area contributed by atoms with Crippen molar-refractivity contribution >= 4 is 29.0 Å². The van der Waals surface area contributed by atoms with Gasteiger partial charge in [0, 0.05) is 6.20 Å². The van der Waals surface area contributed by atoms with Gasteiger partial charge in [-0.25, -0.2) is 4.98 Å². The predicted octanol–water partition coefficient (Wildman–Crippen LogP) is 0.432. The topological polar surface area (TPSA) is 84.0 Å². The number of rotatable bonds is 7. The molecule has 9 heteroatoms. The number of piperidine rings is 1. The molecule has 2 saturated heterocycles. The number of hydrogen-bond acceptors (Lipinski definition) is 6. The first-order chi connectivity index (χ1) is 16.0. The molecule has 2 aliphatic rings. The van der Waals surface area contributed by atoms with Crippen molar-refractivity contribution < 1.29 is 29.8 Å². The van der Waals surface area contributed by atoms with E-state index in [0.29, 0.717) is 17.6 Å². The summed E-state index contributed by atoms with van der Waals surface area (Å²) in [6.07, 6.45) is 4.50. The third-order valence-corrected chi connectivity index (χ3v) is 7.76. The number of pyridine rings is 1. The molecule has 0 saturated carbocycles. The maximum atomic E-state index is 13.2. The zero-order valence-corrected chi connectivity index (χ0v) is 21.7. The summed E-state index contributed by atoms with van der Waals surface area (Å²) in [5.41, 5.74) is 9.14. The summed E-state index contributed by atoms with van der Waals surface area (Å²) in [4.78, 5) is 21.7. The Balaban J connectivity index is 1.32. The Bertz CT molecular complexity index is 979. The summed E-state index contributed by atoms with van der Waals surface area (Å²) in [5, 5.41) is 0.720. The van der Waals surface area contributed by atoms with Gasteiger partial charge < -0.3 is 5.73 Å². The number of carbonyl (C=O) groups excluding carboxylic acids is 1. The van der Waals surface area contributed by atoms with Crippen LogP contribution in [0.5, 0.6) is 0 Å². The normalized spacial score (nSPS) is 20.5. The third-order valence-electron chi connectivity index (χ3n) is 6.40. The Kier molecular flexibility index (Phi) is 8.56. The Morgan fingerprint density at radius 2 is 1.91 bits per heavy atom. The Morgan fingerprint density at radius 1 is 1.18 bits per heavy atom. The van der Waals surface area contributed by atoms with Crippen molar-refractivity contribution in [2.45, 2.75) is 25.8 Å². The SMILES string of the molecule is CO[I-]/N=C(\c1ccc(Cl)cc1)C1CCN(C(=O)C2CCN(Cc3ccnc(N)c3)C2)CC1. The van der Waals surface area contributed by atoms with Crippen LogP contribution in [0.3, 0.4) is 0 Å². The third kappa shape index (κ3) is 6.44. The zero-order valence-electron chi connectivity index (χ0n) is 18.8. The average Bonchev–Trinajstić information content (AvgIpc) is 3.29. The number of nitrogens with zero attached hydrogens (tertiary/aromatic N) is 4. The molecule has 2 N–H and O–H groups in total. The minimum absolute atomic E-state index is 0.0736. The van der Waals surface area contributed by atoms with Gasteiger partial charge in [0.05, 0.1) is 0 Å². The second-order valence-electron chi connectivity index (χ2n) is 8.61. The zero-order chi connectivity index (χ0) is 23.2. The minimum atomic E-state index is -0.677. The van der Waals surface area contributed by atoms with Gasteiger partial charge in [0.15, 0.2) is 0 Å². The van der Waals surface area contributed by atoms with Gasteiger partial charge in [0.2, 0.25) is 0 Å². The van der Waals surface area contributed by atoms with Crippen LogP contribution in [0, 0.1) is 11.8 Å². The van der Waals surface area contributed by atoms with E-state index in [-0.39, 0.29) is 5.92 Å². The van der Waals surface area contributed by atoms with Gasteiger partial charge in [-0.2, -0.15) is 0 Å². The number of carbonyl (C=O) groups is 1. The first-order valence-corrected chi connectivity index (χ1v) is 13.5. The van der Waals surface area contributed by atoms with E-state index in [2.05, 4.69) is 14.8 Å². The van der Waals surface area contributed by atoms with E-state index in [1.807, 2.05) is 36.4 Å². The molecule has 1 aromatic carbocycles. The molecule has 0 bridgehead atoms. The number of halogens is 2. The van der Waals surface area contributed by atoms with Crippen molar-refractivity contribution in [1.82, 2.24) is 14.8 Å². The summed E-state index contributed by atoms with van der Waals surface area (Å²) in [5.74, 6) is 1.24. The van der Waals surface area contributed by atoms with E-state index in [9.17, 15) is 4.79 Å². The molecule has 0 aliphatic carbocycles. The first kappa shape index (κ1) is 24.4. The van der Waals surface area contributed by atoms with Crippen LogP contribution < -0.4 is 27.6 Å². The summed E-state index contributed by atoms with van der Waals surface area (Å²) in [6.45, 7) is 4.10. The Labute approximate surface area is 211 Å². The molecule has 2 aromatic rings.